The molecule has 4 rings (SSSR count). The predicted molar refractivity (Wildman–Crippen MR) is 133 cm³/mol. The number of carbonyl (C=O) groups is 1. The van der Waals surface area contributed by atoms with Crippen LogP contribution >= 0.6 is 0 Å². The number of carboxylic acid groups (broad SMARTS) is 1. The molecule has 0 radical (unpaired) electrons. The number of hydrogen-bond acceptors (Lipinski definition) is 6. The van der Waals surface area contributed by atoms with Gasteiger partial charge in [-0.1, -0.05) is 29.8 Å². The van der Waals surface area contributed by atoms with E-state index in [0.29, 0.717) is 29.2 Å². The molecule has 38 heavy (non-hydrogen) atoms. The number of halogens is 4. The van der Waals surface area contributed by atoms with Crippen molar-refractivity contribution in [1.82, 2.24) is 24.0 Å². The second-order valence-corrected chi connectivity index (χ2v) is 8.84. The van der Waals surface area contributed by atoms with Gasteiger partial charge >= 0.3 is 17.8 Å². The summed E-state index contributed by atoms with van der Waals surface area (Å²) in [6, 6.07) is 6.17. The zero-order chi connectivity index (χ0) is 28.2. The normalized spacial score (nSPS) is 13.7. The Labute approximate surface area is 214 Å². The molecule has 3 aromatic rings. The number of benzene rings is 1. The molecule has 1 fully saturated rings. The number of hydrogen-bond donors (Lipinski definition) is 2. The number of piperazine rings is 1. The van der Waals surface area contributed by atoms with Crippen LogP contribution in [0.1, 0.15) is 19.4 Å². The molecule has 2 N–H and O–H groups in total. The van der Waals surface area contributed by atoms with Crippen LogP contribution in [-0.4, -0.2) is 62.1 Å². The largest absolute Gasteiger partial charge is 0.490 e. The fourth-order valence-corrected chi connectivity index (χ4v) is 3.85. The van der Waals surface area contributed by atoms with Crippen LogP contribution in [0, 0.1) is 5.82 Å². The zero-order valence-corrected chi connectivity index (χ0v) is 21.0. The molecule has 14 heteroatoms. The Hall–Kier alpha value is -3.94. The van der Waals surface area contributed by atoms with E-state index in [0.717, 1.165) is 36.3 Å². The number of aliphatic carboxylic acids is 1. The molecule has 1 aliphatic heterocycles. The summed E-state index contributed by atoms with van der Waals surface area (Å²) in [5.41, 5.74) is 1.13. The molecule has 1 saturated heterocycles. The molecule has 206 valence electrons. The summed E-state index contributed by atoms with van der Waals surface area (Å²) in [5.74, 6) is -2.53. The van der Waals surface area contributed by atoms with Crippen LogP contribution in [0.15, 0.2) is 45.5 Å². The van der Waals surface area contributed by atoms with Crippen molar-refractivity contribution in [3.05, 3.63) is 68.1 Å². The molecule has 3 heterocycles. The smallest absolute Gasteiger partial charge is 0.475 e. The Balaban J connectivity index is 0.000000505. The minimum atomic E-state index is -5.08. The van der Waals surface area contributed by atoms with Crippen molar-refractivity contribution in [2.75, 3.05) is 31.1 Å². The first kappa shape index (κ1) is 28.6. The van der Waals surface area contributed by atoms with Gasteiger partial charge in [0.1, 0.15) is 5.82 Å². The van der Waals surface area contributed by atoms with Gasteiger partial charge < -0.3 is 19.9 Å². The van der Waals surface area contributed by atoms with E-state index in [4.69, 9.17) is 14.9 Å². The first-order valence-electron chi connectivity index (χ1n) is 11.7. The highest BCUT2D eigenvalue weighted by molar-refractivity contribution is 5.75. The monoisotopic (exact) mass is 540 g/mol. The Kier molecular flexibility index (Phi) is 8.76. The van der Waals surface area contributed by atoms with Gasteiger partial charge in [0, 0.05) is 45.3 Å². The van der Waals surface area contributed by atoms with Crippen molar-refractivity contribution in [2.24, 2.45) is 7.05 Å². The number of allylic oxidation sites excluding steroid dienone is 2. The number of carboxylic acids is 1. The van der Waals surface area contributed by atoms with Crippen LogP contribution in [0.4, 0.5) is 23.5 Å². The molecule has 0 amide bonds. The maximum atomic E-state index is 14.2. The topological polar surface area (TPSA) is 114 Å². The van der Waals surface area contributed by atoms with E-state index >= 15 is 0 Å². The molecule has 0 atom stereocenters. The fourth-order valence-electron chi connectivity index (χ4n) is 3.85. The number of nitrogens with one attached hydrogen (secondary N) is 1. The van der Waals surface area contributed by atoms with Crippen molar-refractivity contribution in [2.45, 2.75) is 33.1 Å². The molecule has 0 saturated carbocycles. The van der Waals surface area contributed by atoms with Crippen molar-refractivity contribution in [3.8, 4) is 0 Å². The number of aryl methyl sites for hydroxylation is 1. The highest BCUT2D eigenvalue weighted by Crippen LogP contribution is 2.21. The van der Waals surface area contributed by atoms with Gasteiger partial charge in [-0.15, -0.1) is 0 Å². The lowest BCUT2D eigenvalue weighted by molar-refractivity contribution is -0.192. The number of fused-ring (bicyclic) bond motifs is 1. The average molecular weight is 541 g/mol. The van der Waals surface area contributed by atoms with Crippen LogP contribution in [0.2, 0.25) is 0 Å². The molecule has 2 aromatic heterocycles. The standard InChI is InChI=1S/C22H27FN6O2.C2HF3O2/c1-15(2)8-11-28-18-19(25-21(28)27-12-9-24-10-13-27)26(3)22(31)29(20(18)30)14-16-6-4-5-7-17(16)23;3-2(4,5)1(6)7/h4-8,24H,9-14H2,1-3H3;(H,6,7). The third-order valence-corrected chi connectivity index (χ3v) is 5.82. The highest BCUT2D eigenvalue weighted by atomic mass is 19.4. The third-order valence-electron chi connectivity index (χ3n) is 5.82. The summed E-state index contributed by atoms with van der Waals surface area (Å²) in [6.45, 7) is 7.48. The summed E-state index contributed by atoms with van der Waals surface area (Å²) in [7, 11) is 1.60. The van der Waals surface area contributed by atoms with Gasteiger partial charge in [-0.05, 0) is 19.9 Å². The van der Waals surface area contributed by atoms with E-state index < -0.39 is 29.2 Å². The molecule has 0 aliphatic carbocycles. The molecule has 10 nitrogen and oxygen atoms in total. The van der Waals surface area contributed by atoms with E-state index in [-0.39, 0.29) is 6.54 Å². The predicted octanol–water partition coefficient (Wildman–Crippen LogP) is 2.09. The van der Waals surface area contributed by atoms with Crippen LogP contribution in [-0.2, 0) is 24.9 Å². The lowest BCUT2D eigenvalue weighted by atomic mass is 10.2. The minimum Gasteiger partial charge on any atom is -0.475 e. The van der Waals surface area contributed by atoms with Gasteiger partial charge in [-0.3, -0.25) is 13.9 Å². The molecule has 0 bridgehead atoms. The van der Waals surface area contributed by atoms with Crippen LogP contribution in [0.25, 0.3) is 11.2 Å². The Morgan fingerprint density at radius 3 is 2.29 bits per heavy atom. The van der Waals surface area contributed by atoms with E-state index in [1.54, 1.807) is 25.2 Å². The Morgan fingerprint density at radius 1 is 1.13 bits per heavy atom. The number of alkyl halides is 3. The van der Waals surface area contributed by atoms with Gasteiger partial charge in [-0.2, -0.15) is 18.2 Å². The van der Waals surface area contributed by atoms with Crippen molar-refractivity contribution in [1.29, 1.82) is 0 Å². The molecule has 0 unspecified atom stereocenters. The van der Waals surface area contributed by atoms with Crippen LogP contribution in [0.3, 0.4) is 0 Å². The molecular weight excluding hydrogens is 512 g/mol. The lowest BCUT2D eigenvalue weighted by Gasteiger charge is -2.28. The third kappa shape index (κ3) is 6.30. The van der Waals surface area contributed by atoms with E-state index in [1.165, 1.54) is 10.6 Å². The number of anilines is 1. The van der Waals surface area contributed by atoms with Crippen LogP contribution in [0.5, 0.6) is 0 Å². The maximum absolute atomic E-state index is 14.2. The second-order valence-electron chi connectivity index (χ2n) is 8.84. The summed E-state index contributed by atoms with van der Waals surface area (Å²) >= 11 is 0. The van der Waals surface area contributed by atoms with Gasteiger partial charge in [0.25, 0.3) is 5.56 Å². The van der Waals surface area contributed by atoms with Gasteiger partial charge in [0.15, 0.2) is 11.2 Å². The Bertz CT molecular complexity index is 1460. The van der Waals surface area contributed by atoms with Crippen molar-refractivity contribution in [3.63, 3.8) is 0 Å². The highest BCUT2D eigenvalue weighted by Gasteiger charge is 2.38. The summed E-state index contributed by atoms with van der Waals surface area (Å²) < 4.78 is 50.3. The van der Waals surface area contributed by atoms with Crippen molar-refractivity contribution >= 4 is 23.1 Å². The number of aromatic nitrogens is 4. The number of nitrogens with zero attached hydrogens (tertiary/aromatic N) is 5. The summed E-state index contributed by atoms with van der Waals surface area (Å²) in [5, 5.41) is 10.4. The lowest BCUT2D eigenvalue weighted by Crippen LogP contribution is -2.44. The number of rotatable bonds is 5. The summed E-state index contributed by atoms with van der Waals surface area (Å²) in [4.78, 5) is 42.2. The van der Waals surface area contributed by atoms with E-state index in [1.807, 2.05) is 24.5 Å². The SMILES string of the molecule is CC(C)=CCn1c(N2CCNCC2)nc2c1c(=O)n(Cc1ccccc1F)c(=O)n2C.O=C(O)C(F)(F)F. The second kappa shape index (κ2) is 11.6. The molecule has 1 aliphatic rings. The molecule has 1 aromatic carbocycles. The van der Waals surface area contributed by atoms with Crippen molar-refractivity contribution < 1.29 is 27.5 Å². The summed E-state index contributed by atoms with van der Waals surface area (Å²) in [6.07, 6.45) is -3.06. The van der Waals surface area contributed by atoms with E-state index in [2.05, 4.69) is 10.2 Å². The molecule has 0 spiro atoms. The number of imidazole rings is 1. The van der Waals surface area contributed by atoms with E-state index in [9.17, 15) is 27.2 Å². The first-order chi connectivity index (χ1) is 17.8. The first-order valence-corrected chi connectivity index (χ1v) is 11.7. The fraction of sp³-hybridized carbons (Fsp3) is 0.417. The average Bonchev–Trinajstić information content (AvgIpc) is 3.25. The van der Waals surface area contributed by atoms with Gasteiger partial charge in [0.2, 0.25) is 5.95 Å². The quantitative estimate of drug-likeness (QED) is 0.376. The maximum Gasteiger partial charge on any atom is 0.490 e. The van der Waals surface area contributed by atoms with Gasteiger partial charge in [0.05, 0.1) is 6.54 Å². The minimum absolute atomic E-state index is 0.134. The molecular formula is C24H28F4N6O4. The van der Waals surface area contributed by atoms with Crippen LogP contribution < -0.4 is 21.5 Å². The van der Waals surface area contributed by atoms with Gasteiger partial charge in [-0.25, -0.2) is 14.0 Å². The Morgan fingerprint density at radius 2 is 1.74 bits per heavy atom. The zero-order valence-electron chi connectivity index (χ0n) is 21.0.